The smallest absolute Gasteiger partial charge is 0.295 e. The standard InChI is InChI=1S/C13H9N3O3/c1-8(17)9-3-2-4-11(5-9)16-7-10(6-14)12(18)15-13(16)19/h2-5,7H,1H3,(H,15,18,19). The van der Waals surface area contributed by atoms with Gasteiger partial charge in [-0.05, 0) is 19.1 Å². The van der Waals surface area contributed by atoms with Crippen LogP contribution in [0.5, 0.6) is 0 Å². The van der Waals surface area contributed by atoms with Crippen molar-refractivity contribution in [1.82, 2.24) is 9.55 Å². The van der Waals surface area contributed by atoms with E-state index in [-0.39, 0.29) is 11.3 Å². The largest absolute Gasteiger partial charge is 0.332 e. The van der Waals surface area contributed by atoms with E-state index in [0.717, 1.165) is 10.8 Å². The summed E-state index contributed by atoms with van der Waals surface area (Å²) in [5, 5.41) is 8.78. The van der Waals surface area contributed by atoms with Crippen molar-refractivity contribution in [2.75, 3.05) is 0 Å². The molecule has 1 aromatic heterocycles. The van der Waals surface area contributed by atoms with Gasteiger partial charge >= 0.3 is 5.69 Å². The van der Waals surface area contributed by atoms with Crippen molar-refractivity contribution in [3.05, 3.63) is 62.4 Å². The van der Waals surface area contributed by atoms with E-state index in [1.807, 2.05) is 4.98 Å². The third-order valence-electron chi connectivity index (χ3n) is 2.59. The monoisotopic (exact) mass is 255 g/mol. The van der Waals surface area contributed by atoms with Gasteiger partial charge in [0.05, 0.1) is 5.69 Å². The molecule has 0 saturated carbocycles. The van der Waals surface area contributed by atoms with Crippen LogP contribution in [0.2, 0.25) is 0 Å². The second-order valence-electron chi connectivity index (χ2n) is 3.89. The number of rotatable bonds is 2. The molecular formula is C13H9N3O3. The predicted octanol–water partition coefficient (Wildman–Crippen LogP) is 0.600. The predicted molar refractivity (Wildman–Crippen MR) is 67.4 cm³/mol. The zero-order valence-electron chi connectivity index (χ0n) is 10.0. The number of aromatic amines is 1. The van der Waals surface area contributed by atoms with Crippen LogP contribution in [0.4, 0.5) is 0 Å². The number of ketones is 1. The molecule has 2 rings (SSSR count). The van der Waals surface area contributed by atoms with Gasteiger partial charge in [-0.2, -0.15) is 5.26 Å². The molecule has 0 spiro atoms. The van der Waals surface area contributed by atoms with Crippen LogP contribution < -0.4 is 11.2 Å². The van der Waals surface area contributed by atoms with Gasteiger partial charge < -0.3 is 0 Å². The second-order valence-corrected chi connectivity index (χ2v) is 3.89. The van der Waals surface area contributed by atoms with E-state index < -0.39 is 11.2 Å². The Hall–Kier alpha value is -2.94. The first-order valence-corrected chi connectivity index (χ1v) is 5.40. The van der Waals surface area contributed by atoms with Gasteiger partial charge in [0, 0.05) is 11.8 Å². The van der Waals surface area contributed by atoms with Crippen LogP contribution in [0.3, 0.4) is 0 Å². The Morgan fingerprint density at radius 2 is 2.11 bits per heavy atom. The molecule has 0 bridgehead atoms. The summed E-state index contributed by atoms with van der Waals surface area (Å²) < 4.78 is 1.12. The molecule has 19 heavy (non-hydrogen) atoms. The number of carbonyl (C=O) groups is 1. The summed E-state index contributed by atoms with van der Waals surface area (Å²) in [4.78, 5) is 36.3. The van der Waals surface area contributed by atoms with Crippen LogP contribution in [-0.4, -0.2) is 15.3 Å². The fourth-order valence-electron chi connectivity index (χ4n) is 1.62. The minimum atomic E-state index is -0.730. The minimum Gasteiger partial charge on any atom is -0.295 e. The summed E-state index contributed by atoms with van der Waals surface area (Å²) in [6, 6.07) is 8.06. The topological polar surface area (TPSA) is 95.7 Å². The van der Waals surface area contributed by atoms with E-state index in [0.29, 0.717) is 11.3 Å². The number of Topliss-reactive ketones (excluding diaryl/α,β-unsaturated/α-hetero) is 1. The van der Waals surface area contributed by atoms with Crippen LogP contribution in [0.1, 0.15) is 22.8 Å². The van der Waals surface area contributed by atoms with E-state index in [1.165, 1.54) is 13.0 Å². The van der Waals surface area contributed by atoms with E-state index >= 15 is 0 Å². The molecule has 1 aromatic carbocycles. The molecule has 0 amide bonds. The van der Waals surface area contributed by atoms with Crippen molar-refractivity contribution < 1.29 is 4.79 Å². The average molecular weight is 255 g/mol. The number of aromatic nitrogens is 2. The van der Waals surface area contributed by atoms with Crippen molar-refractivity contribution in [3.63, 3.8) is 0 Å². The lowest BCUT2D eigenvalue weighted by Gasteiger charge is -2.06. The van der Waals surface area contributed by atoms with Crippen LogP contribution in [0.15, 0.2) is 40.1 Å². The lowest BCUT2D eigenvalue weighted by atomic mass is 10.1. The van der Waals surface area contributed by atoms with Gasteiger partial charge in [0.2, 0.25) is 0 Å². The van der Waals surface area contributed by atoms with Gasteiger partial charge in [0.15, 0.2) is 5.78 Å². The van der Waals surface area contributed by atoms with Gasteiger partial charge in [-0.25, -0.2) is 4.79 Å². The van der Waals surface area contributed by atoms with Crippen LogP contribution >= 0.6 is 0 Å². The molecule has 0 aliphatic rings. The zero-order valence-corrected chi connectivity index (χ0v) is 10.0. The molecular weight excluding hydrogens is 246 g/mol. The average Bonchev–Trinajstić information content (AvgIpc) is 2.39. The molecule has 0 radical (unpaired) electrons. The molecule has 1 heterocycles. The number of carbonyl (C=O) groups excluding carboxylic acids is 1. The molecule has 0 aliphatic carbocycles. The molecule has 0 fully saturated rings. The Labute approximate surface area is 107 Å². The maximum Gasteiger partial charge on any atom is 0.332 e. The number of benzene rings is 1. The molecule has 0 saturated heterocycles. The van der Waals surface area contributed by atoms with E-state index in [2.05, 4.69) is 0 Å². The summed E-state index contributed by atoms with van der Waals surface area (Å²) in [6.07, 6.45) is 1.15. The van der Waals surface area contributed by atoms with Crippen molar-refractivity contribution in [2.24, 2.45) is 0 Å². The quantitative estimate of drug-likeness (QED) is 0.795. The van der Waals surface area contributed by atoms with Crippen LogP contribution in [0.25, 0.3) is 5.69 Å². The molecule has 0 unspecified atom stereocenters. The highest BCUT2D eigenvalue weighted by atomic mass is 16.2. The van der Waals surface area contributed by atoms with Crippen molar-refractivity contribution in [3.8, 4) is 11.8 Å². The summed E-state index contributed by atoms with van der Waals surface area (Å²) in [5.41, 5.74) is -0.719. The Kier molecular flexibility index (Phi) is 3.12. The molecule has 0 atom stereocenters. The van der Waals surface area contributed by atoms with Gasteiger partial charge in [-0.15, -0.1) is 0 Å². The third-order valence-corrected chi connectivity index (χ3v) is 2.59. The fourth-order valence-corrected chi connectivity index (χ4v) is 1.62. The number of hydrogen-bond acceptors (Lipinski definition) is 4. The summed E-state index contributed by atoms with van der Waals surface area (Å²) in [7, 11) is 0. The van der Waals surface area contributed by atoms with Gasteiger partial charge in [0.1, 0.15) is 11.6 Å². The summed E-state index contributed by atoms with van der Waals surface area (Å²) >= 11 is 0. The van der Waals surface area contributed by atoms with Crippen LogP contribution in [0, 0.1) is 11.3 Å². The highest BCUT2D eigenvalue weighted by Gasteiger charge is 2.07. The number of nitrogens with zero attached hydrogens (tertiary/aromatic N) is 2. The van der Waals surface area contributed by atoms with Gasteiger partial charge in [0.25, 0.3) is 5.56 Å². The van der Waals surface area contributed by atoms with E-state index in [4.69, 9.17) is 5.26 Å². The maximum absolute atomic E-state index is 11.7. The Morgan fingerprint density at radius 1 is 1.37 bits per heavy atom. The molecule has 94 valence electrons. The Morgan fingerprint density at radius 3 is 2.74 bits per heavy atom. The van der Waals surface area contributed by atoms with Crippen molar-refractivity contribution >= 4 is 5.78 Å². The zero-order chi connectivity index (χ0) is 14.0. The first-order valence-electron chi connectivity index (χ1n) is 5.40. The van der Waals surface area contributed by atoms with Crippen molar-refractivity contribution in [1.29, 1.82) is 5.26 Å². The highest BCUT2D eigenvalue weighted by molar-refractivity contribution is 5.94. The second kappa shape index (κ2) is 4.74. The lowest BCUT2D eigenvalue weighted by molar-refractivity contribution is 0.101. The summed E-state index contributed by atoms with van der Waals surface area (Å²) in [5.74, 6) is -0.139. The Bertz CT molecular complexity index is 809. The Balaban J connectivity index is 2.69. The highest BCUT2D eigenvalue weighted by Crippen LogP contribution is 2.09. The van der Waals surface area contributed by atoms with Crippen molar-refractivity contribution in [2.45, 2.75) is 6.92 Å². The van der Waals surface area contributed by atoms with E-state index in [9.17, 15) is 14.4 Å². The molecule has 6 heteroatoms. The fraction of sp³-hybridized carbons (Fsp3) is 0.0769. The number of nitrogens with one attached hydrogen (secondary N) is 1. The van der Waals surface area contributed by atoms with Gasteiger partial charge in [-0.1, -0.05) is 12.1 Å². The minimum absolute atomic E-state index is 0.139. The van der Waals surface area contributed by atoms with Gasteiger partial charge in [-0.3, -0.25) is 19.1 Å². The molecule has 2 aromatic rings. The first kappa shape index (κ1) is 12.5. The summed E-state index contributed by atoms with van der Waals surface area (Å²) in [6.45, 7) is 1.41. The normalized spacial score (nSPS) is 9.89. The first-order chi connectivity index (χ1) is 9.02. The molecule has 0 aliphatic heterocycles. The third kappa shape index (κ3) is 2.35. The molecule has 1 N–H and O–H groups in total. The van der Waals surface area contributed by atoms with E-state index in [1.54, 1.807) is 24.3 Å². The SMILES string of the molecule is CC(=O)c1cccc(-n2cc(C#N)c(=O)[nH]c2=O)c1. The lowest BCUT2D eigenvalue weighted by Crippen LogP contribution is -2.30. The molecule has 6 nitrogen and oxygen atoms in total. The maximum atomic E-state index is 11.7. The number of H-pyrrole nitrogens is 1. The number of nitriles is 1. The number of hydrogen-bond donors (Lipinski definition) is 1. The van der Waals surface area contributed by atoms with Crippen LogP contribution in [-0.2, 0) is 0 Å².